The minimum Gasteiger partial charge on any atom is -0.497 e. The summed E-state index contributed by atoms with van der Waals surface area (Å²) in [6.07, 6.45) is 0. The van der Waals surface area contributed by atoms with Crippen LogP contribution < -0.4 is 10.1 Å². The molecule has 1 amide bonds. The monoisotopic (exact) mass is 270 g/mol. The second kappa shape index (κ2) is 6.61. The highest BCUT2D eigenvalue weighted by molar-refractivity contribution is 5.94. The van der Waals surface area contributed by atoms with Crippen molar-refractivity contribution in [3.8, 4) is 5.75 Å². The molecule has 1 N–H and O–H groups in total. The van der Waals surface area contributed by atoms with Crippen LogP contribution in [0.2, 0.25) is 0 Å². The fourth-order valence-corrected chi connectivity index (χ4v) is 2.06. The SMILES string of the molecule is COc1cccc(C(=O)N2CCN[C@H](C)C2)c1.Cl. The van der Waals surface area contributed by atoms with E-state index in [0.29, 0.717) is 11.6 Å². The molecule has 18 heavy (non-hydrogen) atoms. The van der Waals surface area contributed by atoms with Gasteiger partial charge in [-0.15, -0.1) is 12.4 Å². The molecule has 1 atom stereocenters. The van der Waals surface area contributed by atoms with Crippen LogP contribution in [0, 0.1) is 0 Å². The van der Waals surface area contributed by atoms with E-state index in [4.69, 9.17) is 4.74 Å². The van der Waals surface area contributed by atoms with Crippen molar-refractivity contribution >= 4 is 18.3 Å². The Morgan fingerprint density at radius 1 is 1.50 bits per heavy atom. The van der Waals surface area contributed by atoms with Crippen molar-refractivity contribution in [2.24, 2.45) is 0 Å². The van der Waals surface area contributed by atoms with Crippen molar-refractivity contribution in [3.63, 3.8) is 0 Å². The van der Waals surface area contributed by atoms with Gasteiger partial charge in [0.05, 0.1) is 7.11 Å². The van der Waals surface area contributed by atoms with Crippen molar-refractivity contribution in [2.45, 2.75) is 13.0 Å². The lowest BCUT2D eigenvalue weighted by Gasteiger charge is -2.32. The maximum atomic E-state index is 12.3. The summed E-state index contributed by atoms with van der Waals surface area (Å²) >= 11 is 0. The fraction of sp³-hybridized carbons (Fsp3) is 0.462. The Kier molecular flexibility index (Phi) is 5.44. The zero-order valence-electron chi connectivity index (χ0n) is 10.7. The van der Waals surface area contributed by atoms with Crippen molar-refractivity contribution < 1.29 is 9.53 Å². The zero-order valence-corrected chi connectivity index (χ0v) is 11.5. The van der Waals surface area contributed by atoms with Gasteiger partial charge in [0.2, 0.25) is 0 Å². The van der Waals surface area contributed by atoms with Gasteiger partial charge in [0.15, 0.2) is 0 Å². The number of methoxy groups -OCH3 is 1. The first-order chi connectivity index (χ1) is 8.20. The van der Waals surface area contributed by atoms with Gasteiger partial charge in [-0.2, -0.15) is 0 Å². The van der Waals surface area contributed by atoms with E-state index in [1.165, 1.54) is 0 Å². The predicted octanol–water partition coefficient (Wildman–Crippen LogP) is 1.55. The van der Waals surface area contributed by atoms with Gasteiger partial charge in [-0.05, 0) is 25.1 Å². The lowest BCUT2D eigenvalue weighted by Crippen LogP contribution is -2.51. The molecule has 0 radical (unpaired) electrons. The molecular weight excluding hydrogens is 252 g/mol. The summed E-state index contributed by atoms with van der Waals surface area (Å²) in [5, 5.41) is 3.32. The number of amides is 1. The van der Waals surface area contributed by atoms with Crippen LogP contribution in [0.3, 0.4) is 0 Å². The van der Waals surface area contributed by atoms with Gasteiger partial charge in [-0.1, -0.05) is 6.07 Å². The lowest BCUT2D eigenvalue weighted by molar-refractivity contribution is 0.0708. The average Bonchev–Trinajstić information content (AvgIpc) is 2.38. The van der Waals surface area contributed by atoms with E-state index < -0.39 is 0 Å². The number of carbonyl (C=O) groups is 1. The van der Waals surface area contributed by atoms with Gasteiger partial charge in [0.1, 0.15) is 5.75 Å². The lowest BCUT2D eigenvalue weighted by atomic mass is 10.1. The topological polar surface area (TPSA) is 41.6 Å². The molecule has 0 aliphatic carbocycles. The number of hydrogen-bond donors (Lipinski definition) is 1. The highest BCUT2D eigenvalue weighted by Gasteiger charge is 2.21. The first kappa shape index (κ1) is 14.8. The fourth-order valence-electron chi connectivity index (χ4n) is 2.06. The maximum Gasteiger partial charge on any atom is 0.254 e. The summed E-state index contributed by atoms with van der Waals surface area (Å²) in [5.41, 5.74) is 0.693. The summed E-state index contributed by atoms with van der Waals surface area (Å²) < 4.78 is 5.13. The van der Waals surface area contributed by atoms with Gasteiger partial charge >= 0.3 is 0 Å². The van der Waals surface area contributed by atoms with Crippen LogP contribution in [0.1, 0.15) is 17.3 Å². The zero-order chi connectivity index (χ0) is 12.3. The first-order valence-electron chi connectivity index (χ1n) is 5.87. The third kappa shape index (κ3) is 3.37. The number of hydrogen-bond acceptors (Lipinski definition) is 3. The Balaban J connectivity index is 0.00000162. The van der Waals surface area contributed by atoms with Gasteiger partial charge in [-0.3, -0.25) is 4.79 Å². The van der Waals surface area contributed by atoms with E-state index in [9.17, 15) is 4.79 Å². The molecule has 0 unspecified atom stereocenters. The van der Waals surface area contributed by atoms with Crippen LogP contribution in [-0.2, 0) is 0 Å². The number of nitrogens with zero attached hydrogens (tertiary/aromatic N) is 1. The molecule has 1 aromatic carbocycles. The van der Waals surface area contributed by atoms with Crippen LogP contribution in [0.15, 0.2) is 24.3 Å². The molecule has 0 saturated carbocycles. The summed E-state index contributed by atoms with van der Waals surface area (Å²) in [5.74, 6) is 0.802. The van der Waals surface area contributed by atoms with Crippen LogP contribution in [0.4, 0.5) is 0 Å². The van der Waals surface area contributed by atoms with Crippen LogP contribution in [0.5, 0.6) is 5.75 Å². The van der Waals surface area contributed by atoms with E-state index >= 15 is 0 Å². The van der Waals surface area contributed by atoms with Crippen LogP contribution in [0.25, 0.3) is 0 Å². The van der Waals surface area contributed by atoms with E-state index in [-0.39, 0.29) is 18.3 Å². The minimum atomic E-state index is 0. The Morgan fingerprint density at radius 2 is 2.28 bits per heavy atom. The molecule has 1 saturated heterocycles. The molecule has 1 aromatic rings. The molecule has 0 bridgehead atoms. The second-order valence-corrected chi connectivity index (χ2v) is 4.34. The third-order valence-electron chi connectivity index (χ3n) is 2.97. The van der Waals surface area contributed by atoms with Gasteiger partial charge < -0.3 is 15.0 Å². The van der Waals surface area contributed by atoms with Crippen molar-refractivity contribution in [2.75, 3.05) is 26.7 Å². The van der Waals surface area contributed by atoms with Crippen LogP contribution in [-0.4, -0.2) is 43.6 Å². The molecule has 4 nitrogen and oxygen atoms in total. The number of benzene rings is 1. The van der Waals surface area contributed by atoms with Crippen molar-refractivity contribution in [1.29, 1.82) is 0 Å². The summed E-state index contributed by atoms with van der Waals surface area (Å²) in [4.78, 5) is 14.1. The molecule has 1 fully saturated rings. The first-order valence-corrected chi connectivity index (χ1v) is 5.87. The summed E-state index contributed by atoms with van der Waals surface area (Å²) in [6.45, 7) is 4.47. The Hall–Kier alpha value is -1.26. The van der Waals surface area contributed by atoms with Crippen molar-refractivity contribution in [3.05, 3.63) is 29.8 Å². The molecule has 0 aromatic heterocycles. The van der Waals surface area contributed by atoms with E-state index in [1.807, 2.05) is 23.1 Å². The second-order valence-electron chi connectivity index (χ2n) is 4.34. The Morgan fingerprint density at radius 3 is 2.94 bits per heavy atom. The number of ether oxygens (including phenoxy) is 1. The van der Waals surface area contributed by atoms with E-state index in [1.54, 1.807) is 13.2 Å². The minimum absolute atomic E-state index is 0. The molecule has 5 heteroatoms. The third-order valence-corrected chi connectivity index (χ3v) is 2.97. The quantitative estimate of drug-likeness (QED) is 0.887. The maximum absolute atomic E-state index is 12.3. The van der Waals surface area contributed by atoms with Gasteiger partial charge in [0.25, 0.3) is 5.91 Å². The van der Waals surface area contributed by atoms with Gasteiger partial charge in [-0.25, -0.2) is 0 Å². The number of piperazine rings is 1. The van der Waals surface area contributed by atoms with E-state index in [0.717, 1.165) is 25.4 Å². The summed E-state index contributed by atoms with van der Waals surface area (Å²) in [7, 11) is 1.61. The molecule has 0 spiro atoms. The number of nitrogens with one attached hydrogen (secondary N) is 1. The summed E-state index contributed by atoms with van der Waals surface area (Å²) in [6, 6.07) is 7.67. The average molecular weight is 271 g/mol. The number of halogens is 1. The molecular formula is C13H19ClN2O2. The predicted molar refractivity (Wildman–Crippen MR) is 73.6 cm³/mol. The molecule has 1 heterocycles. The largest absolute Gasteiger partial charge is 0.497 e. The highest BCUT2D eigenvalue weighted by Crippen LogP contribution is 2.15. The normalized spacial score (nSPS) is 19.0. The standard InChI is InChI=1S/C13H18N2O2.ClH/c1-10-9-15(7-6-14-10)13(16)11-4-3-5-12(8-11)17-2;/h3-5,8,10,14H,6-7,9H2,1-2H3;1H/t10-;/m1./s1. The van der Waals surface area contributed by atoms with Gasteiger partial charge in [0, 0.05) is 31.2 Å². The molecule has 1 aliphatic rings. The number of rotatable bonds is 2. The smallest absolute Gasteiger partial charge is 0.254 e. The highest BCUT2D eigenvalue weighted by atomic mass is 35.5. The van der Waals surface area contributed by atoms with Crippen molar-refractivity contribution in [1.82, 2.24) is 10.2 Å². The number of carbonyl (C=O) groups excluding carboxylic acids is 1. The molecule has 2 rings (SSSR count). The molecule has 100 valence electrons. The van der Waals surface area contributed by atoms with E-state index in [2.05, 4.69) is 12.2 Å². The molecule has 1 aliphatic heterocycles. The van der Waals surface area contributed by atoms with Crippen LogP contribution >= 0.6 is 12.4 Å². The Labute approximate surface area is 114 Å². The Bertz CT molecular complexity index is 412.